The average molecular weight is 300 g/mol. The summed E-state index contributed by atoms with van der Waals surface area (Å²) >= 11 is 3.36. The fourth-order valence-corrected chi connectivity index (χ4v) is 1.56. The fourth-order valence-electron chi connectivity index (χ4n) is 1.34. The normalized spacial score (nSPS) is 14.2. The minimum absolute atomic E-state index is 0.159. The van der Waals surface area contributed by atoms with Gasteiger partial charge in [-0.15, -0.1) is 0 Å². The first-order valence-electron chi connectivity index (χ1n) is 5.65. The third kappa shape index (κ3) is 3.78. The second-order valence-electron chi connectivity index (χ2n) is 4.16. The molecule has 2 atom stereocenters. The SMILES string of the molecule is CCC(C)C(N)C(=O)Nc1ccc(Br)c(C)n1. The molecule has 0 radical (unpaired) electrons. The number of carbonyl (C=O) groups excluding carboxylic acids is 1. The molecular formula is C12H18BrN3O. The Morgan fingerprint density at radius 1 is 1.59 bits per heavy atom. The highest BCUT2D eigenvalue weighted by atomic mass is 79.9. The largest absolute Gasteiger partial charge is 0.320 e. The van der Waals surface area contributed by atoms with Gasteiger partial charge in [-0.05, 0) is 40.9 Å². The summed E-state index contributed by atoms with van der Waals surface area (Å²) in [5.41, 5.74) is 6.67. The van der Waals surface area contributed by atoms with Crippen molar-refractivity contribution in [1.29, 1.82) is 0 Å². The summed E-state index contributed by atoms with van der Waals surface area (Å²) in [6, 6.07) is 3.11. The molecule has 0 bridgehead atoms. The van der Waals surface area contributed by atoms with Crippen molar-refractivity contribution in [1.82, 2.24) is 4.98 Å². The highest BCUT2D eigenvalue weighted by Crippen LogP contribution is 2.16. The van der Waals surface area contributed by atoms with Gasteiger partial charge in [0.05, 0.1) is 11.7 Å². The van der Waals surface area contributed by atoms with Gasteiger partial charge in [-0.3, -0.25) is 4.79 Å². The average Bonchev–Trinajstić information content (AvgIpc) is 2.31. The Hall–Kier alpha value is -0.940. The van der Waals surface area contributed by atoms with Gasteiger partial charge in [0.2, 0.25) is 5.91 Å². The number of halogens is 1. The van der Waals surface area contributed by atoms with Crippen LogP contribution in [0.4, 0.5) is 5.82 Å². The number of hydrogen-bond donors (Lipinski definition) is 2. The molecule has 0 aliphatic carbocycles. The summed E-state index contributed by atoms with van der Waals surface area (Å²) < 4.78 is 0.918. The van der Waals surface area contributed by atoms with Crippen molar-refractivity contribution in [2.24, 2.45) is 11.7 Å². The van der Waals surface area contributed by atoms with Gasteiger partial charge in [-0.1, -0.05) is 20.3 Å². The van der Waals surface area contributed by atoms with E-state index in [9.17, 15) is 4.79 Å². The zero-order valence-corrected chi connectivity index (χ0v) is 11.9. The molecule has 1 rings (SSSR count). The van der Waals surface area contributed by atoms with E-state index < -0.39 is 6.04 Å². The van der Waals surface area contributed by atoms with Crippen LogP contribution in [0, 0.1) is 12.8 Å². The molecule has 1 amide bonds. The fraction of sp³-hybridized carbons (Fsp3) is 0.500. The number of nitrogens with two attached hydrogens (primary N) is 1. The Kier molecular flexibility index (Phi) is 5.08. The van der Waals surface area contributed by atoms with Crippen molar-refractivity contribution in [3.8, 4) is 0 Å². The molecule has 2 unspecified atom stereocenters. The van der Waals surface area contributed by atoms with Gasteiger partial charge >= 0.3 is 0 Å². The maximum absolute atomic E-state index is 11.8. The van der Waals surface area contributed by atoms with Crippen LogP contribution in [0.2, 0.25) is 0 Å². The molecule has 5 heteroatoms. The van der Waals surface area contributed by atoms with Crippen LogP contribution in [0.15, 0.2) is 16.6 Å². The molecule has 3 N–H and O–H groups in total. The van der Waals surface area contributed by atoms with Crippen molar-refractivity contribution in [2.75, 3.05) is 5.32 Å². The molecule has 0 fully saturated rings. The van der Waals surface area contributed by atoms with Gasteiger partial charge in [-0.2, -0.15) is 0 Å². The molecule has 17 heavy (non-hydrogen) atoms. The van der Waals surface area contributed by atoms with Gasteiger partial charge < -0.3 is 11.1 Å². The van der Waals surface area contributed by atoms with Crippen molar-refractivity contribution in [3.05, 3.63) is 22.3 Å². The van der Waals surface area contributed by atoms with Crippen LogP contribution in [-0.2, 0) is 4.79 Å². The molecule has 0 aliphatic heterocycles. The number of nitrogens with zero attached hydrogens (tertiary/aromatic N) is 1. The topological polar surface area (TPSA) is 68.0 Å². The minimum Gasteiger partial charge on any atom is -0.320 e. The summed E-state index contributed by atoms with van der Waals surface area (Å²) in [6.45, 7) is 5.85. The summed E-state index contributed by atoms with van der Waals surface area (Å²) in [6.07, 6.45) is 0.876. The number of pyridine rings is 1. The highest BCUT2D eigenvalue weighted by molar-refractivity contribution is 9.10. The summed E-state index contributed by atoms with van der Waals surface area (Å²) in [4.78, 5) is 16.1. The van der Waals surface area contributed by atoms with Gasteiger partial charge in [0.1, 0.15) is 5.82 Å². The van der Waals surface area contributed by atoms with Gasteiger partial charge in [0, 0.05) is 4.47 Å². The molecule has 94 valence electrons. The zero-order chi connectivity index (χ0) is 13.0. The Balaban J connectivity index is 2.71. The molecule has 0 aromatic carbocycles. The van der Waals surface area contributed by atoms with Gasteiger partial charge in [-0.25, -0.2) is 4.98 Å². The van der Waals surface area contributed by atoms with E-state index >= 15 is 0 Å². The molecule has 1 aromatic rings. The van der Waals surface area contributed by atoms with Gasteiger partial charge in [0.15, 0.2) is 0 Å². The van der Waals surface area contributed by atoms with E-state index in [1.807, 2.05) is 26.8 Å². The van der Waals surface area contributed by atoms with Crippen molar-refractivity contribution < 1.29 is 4.79 Å². The number of aromatic nitrogens is 1. The van der Waals surface area contributed by atoms with Crippen LogP contribution in [0.25, 0.3) is 0 Å². The van der Waals surface area contributed by atoms with Crippen LogP contribution in [-0.4, -0.2) is 16.9 Å². The van der Waals surface area contributed by atoms with Gasteiger partial charge in [0.25, 0.3) is 0 Å². The van der Waals surface area contributed by atoms with E-state index in [-0.39, 0.29) is 11.8 Å². The summed E-state index contributed by atoms with van der Waals surface area (Å²) in [5, 5.41) is 2.73. The van der Waals surface area contributed by atoms with E-state index in [4.69, 9.17) is 5.73 Å². The quantitative estimate of drug-likeness (QED) is 0.897. The maximum atomic E-state index is 11.8. The Morgan fingerprint density at radius 2 is 2.24 bits per heavy atom. The Bertz CT molecular complexity index is 409. The van der Waals surface area contributed by atoms with Crippen LogP contribution in [0.1, 0.15) is 26.0 Å². The monoisotopic (exact) mass is 299 g/mol. The zero-order valence-electron chi connectivity index (χ0n) is 10.3. The number of aryl methyl sites for hydroxylation is 1. The number of amides is 1. The number of anilines is 1. The minimum atomic E-state index is -0.495. The van der Waals surface area contributed by atoms with E-state index in [0.717, 1.165) is 16.6 Å². The molecule has 4 nitrogen and oxygen atoms in total. The van der Waals surface area contributed by atoms with Crippen molar-refractivity contribution in [2.45, 2.75) is 33.2 Å². The maximum Gasteiger partial charge on any atom is 0.242 e. The van der Waals surface area contributed by atoms with Crippen LogP contribution < -0.4 is 11.1 Å². The van der Waals surface area contributed by atoms with Crippen LogP contribution >= 0.6 is 15.9 Å². The molecule has 0 saturated heterocycles. The lowest BCUT2D eigenvalue weighted by Gasteiger charge is -2.17. The number of rotatable bonds is 4. The molecular weight excluding hydrogens is 282 g/mol. The second kappa shape index (κ2) is 6.12. The first-order chi connectivity index (χ1) is 7.95. The van der Waals surface area contributed by atoms with E-state index in [2.05, 4.69) is 26.2 Å². The third-order valence-electron chi connectivity index (χ3n) is 2.83. The van der Waals surface area contributed by atoms with E-state index in [1.165, 1.54) is 0 Å². The molecule has 1 aromatic heterocycles. The first-order valence-corrected chi connectivity index (χ1v) is 6.44. The standard InChI is InChI=1S/C12H18BrN3O/c1-4-7(2)11(14)12(17)16-10-6-5-9(13)8(3)15-10/h5-7,11H,4,14H2,1-3H3,(H,15,16,17). The molecule has 0 saturated carbocycles. The number of nitrogens with one attached hydrogen (secondary N) is 1. The summed E-state index contributed by atoms with van der Waals surface area (Å²) in [5.74, 6) is 0.509. The first kappa shape index (κ1) is 14.1. The molecule has 0 spiro atoms. The smallest absolute Gasteiger partial charge is 0.242 e. The lowest BCUT2D eigenvalue weighted by Crippen LogP contribution is -2.40. The Labute approximate surface area is 110 Å². The Morgan fingerprint density at radius 3 is 2.76 bits per heavy atom. The number of carbonyl (C=O) groups is 1. The lowest BCUT2D eigenvalue weighted by molar-refractivity contribution is -0.118. The van der Waals surface area contributed by atoms with E-state index in [1.54, 1.807) is 6.07 Å². The number of hydrogen-bond acceptors (Lipinski definition) is 3. The summed E-state index contributed by atoms with van der Waals surface area (Å²) in [7, 11) is 0. The van der Waals surface area contributed by atoms with Crippen LogP contribution in [0.5, 0.6) is 0 Å². The third-order valence-corrected chi connectivity index (χ3v) is 3.67. The lowest BCUT2D eigenvalue weighted by atomic mass is 9.99. The van der Waals surface area contributed by atoms with Crippen LogP contribution in [0.3, 0.4) is 0 Å². The van der Waals surface area contributed by atoms with E-state index in [0.29, 0.717) is 5.82 Å². The van der Waals surface area contributed by atoms with Crippen molar-refractivity contribution in [3.63, 3.8) is 0 Å². The van der Waals surface area contributed by atoms with Crippen molar-refractivity contribution >= 4 is 27.7 Å². The predicted octanol–water partition coefficient (Wildman–Crippen LogP) is 2.46. The second-order valence-corrected chi connectivity index (χ2v) is 5.02. The molecule has 0 aliphatic rings. The molecule has 1 heterocycles. The highest BCUT2D eigenvalue weighted by Gasteiger charge is 2.19. The predicted molar refractivity (Wildman–Crippen MR) is 72.7 cm³/mol.